The van der Waals surface area contributed by atoms with Gasteiger partial charge < -0.3 is 24.4 Å². The molecule has 2 heterocycles. The average Bonchev–Trinajstić information content (AvgIpc) is 2.75. The number of nitrogens with zero attached hydrogens (tertiary/aromatic N) is 2. The van der Waals surface area contributed by atoms with Gasteiger partial charge in [-0.3, -0.25) is 4.99 Å². The Balaban J connectivity index is 0.00000320. The summed E-state index contributed by atoms with van der Waals surface area (Å²) in [4.78, 5) is 6.52. The topological polar surface area (TPSA) is 55.3 Å². The molecule has 1 aromatic carbocycles. The van der Waals surface area contributed by atoms with E-state index in [0.717, 1.165) is 51.3 Å². The van der Waals surface area contributed by atoms with Gasteiger partial charge in [0.2, 0.25) is 0 Å². The predicted molar refractivity (Wildman–Crippen MR) is 123 cm³/mol. The third-order valence-electron chi connectivity index (χ3n) is 5.37. The highest BCUT2D eigenvalue weighted by atomic mass is 127. The normalized spacial score (nSPS) is 20.7. The van der Waals surface area contributed by atoms with Gasteiger partial charge in [-0.05, 0) is 38.2 Å². The van der Waals surface area contributed by atoms with Crippen LogP contribution in [0.5, 0.6) is 5.75 Å². The summed E-state index contributed by atoms with van der Waals surface area (Å²) in [5, 5.41) is 3.26. The van der Waals surface area contributed by atoms with Crippen LogP contribution in [-0.2, 0) is 16.0 Å². The molecule has 2 aliphatic rings. The van der Waals surface area contributed by atoms with E-state index in [4.69, 9.17) is 9.47 Å². The second-order valence-electron chi connectivity index (χ2n) is 7.40. The number of nitrogens with one attached hydrogen (secondary N) is 1. The molecule has 1 atom stereocenters. The number of benzene rings is 1. The quantitative estimate of drug-likeness (QED) is 0.322. The van der Waals surface area contributed by atoms with Crippen molar-refractivity contribution in [3.05, 3.63) is 29.8 Å². The molecule has 2 fully saturated rings. The highest BCUT2D eigenvalue weighted by Crippen LogP contribution is 2.21. The Labute approximate surface area is 194 Å². The van der Waals surface area contributed by atoms with Gasteiger partial charge in [-0.1, -0.05) is 18.2 Å². The molecule has 30 heavy (non-hydrogen) atoms. The zero-order valence-electron chi connectivity index (χ0n) is 17.4. The first-order valence-electron chi connectivity index (χ1n) is 10.4. The Morgan fingerprint density at radius 2 is 2.00 bits per heavy atom. The number of guanidine groups is 1. The minimum absolute atomic E-state index is 0. The first-order valence-corrected chi connectivity index (χ1v) is 10.4. The van der Waals surface area contributed by atoms with Crippen molar-refractivity contribution in [1.29, 1.82) is 0 Å². The first-order chi connectivity index (χ1) is 14.2. The van der Waals surface area contributed by atoms with Crippen molar-refractivity contribution < 1.29 is 23.0 Å². The fourth-order valence-corrected chi connectivity index (χ4v) is 3.78. The maximum atomic E-state index is 12.6. The minimum atomic E-state index is -2.84. The Kier molecular flexibility index (Phi) is 11.1. The molecular weight excluding hydrogens is 507 g/mol. The summed E-state index contributed by atoms with van der Waals surface area (Å²) in [5.41, 5.74) is 0.666. The average molecular weight is 539 g/mol. The van der Waals surface area contributed by atoms with Crippen molar-refractivity contribution in [2.24, 2.45) is 4.99 Å². The first kappa shape index (κ1) is 25.1. The van der Waals surface area contributed by atoms with E-state index in [0.29, 0.717) is 18.7 Å². The van der Waals surface area contributed by atoms with E-state index in [2.05, 4.69) is 19.9 Å². The van der Waals surface area contributed by atoms with Gasteiger partial charge in [-0.15, -0.1) is 24.0 Å². The zero-order chi connectivity index (χ0) is 20.5. The molecule has 1 N–H and O–H groups in total. The monoisotopic (exact) mass is 539 g/mol. The standard InChI is InChI=1S/C21H31F2N3O3.HI/c1-24-21(25-14-16-6-2-3-8-19(16)29-20(22)23)26-11-9-17(10-12-26)28-15-18-7-4-5-13-27-18;/h2-3,6,8,17-18,20H,4-5,7,9-15H2,1H3,(H,24,25);1H. The summed E-state index contributed by atoms with van der Waals surface area (Å²) in [6.07, 6.45) is 5.81. The van der Waals surface area contributed by atoms with Crippen molar-refractivity contribution in [3.8, 4) is 5.75 Å². The van der Waals surface area contributed by atoms with Gasteiger partial charge in [0.05, 0.1) is 18.8 Å². The second kappa shape index (κ2) is 13.3. The fourth-order valence-electron chi connectivity index (χ4n) is 3.78. The summed E-state index contributed by atoms with van der Waals surface area (Å²) >= 11 is 0. The number of likely N-dealkylation sites (tertiary alicyclic amines) is 1. The van der Waals surface area contributed by atoms with Crippen LogP contribution in [-0.4, -0.2) is 63.0 Å². The van der Waals surface area contributed by atoms with Gasteiger partial charge in [-0.2, -0.15) is 8.78 Å². The molecule has 0 aliphatic carbocycles. The predicted octanol–water partition coefficient (Wildman–Crippen LogP) is 4.03. The van der Waals surface area contributed by atoms with Crippen LogP contribution in [0.2, 0.25) is 0 Å². The van der Waals surface area contributed by atoms with E-state index in [-0.39, 0.29) is 41.9 Å². The van der Waals surface area contributed by atoms with Crippen LogP contribution >= 0.6 is 24.0 Å². The number of piperidine rings is 1. The molecule has 1 aromatic rings. The molecule has 0 spiro atoms. The van der Waals surface area contributed by atoms with E-state index in [9.17, 15) is 8.78 Å². The number of hydrogen-bond acceptors (Lipinski definition) is 4. The maximum absolute atomic E-state index is 12.6. The van der Waals surface area contributed by atoms with Crippen molar-refractivity contribution >= 4 is 29.9 Å². The van der Waals surface area contributed by atoms with Gasteiger partial charge in [0.1, 0.15) is 5.75 Å². The number of halogens is 3. The van der Waals surface area contributed by atoms with Crippen molar-refractivity contribution in [3.63, 3.8) is 0 Å². The van der Waals surface area contributed by atoms with E-state index in [1.54, 1.807) is 31.3 Å². The molecule has 6 nitrogen and oxygen atoms in total. The lowest BCUT2D eigenvalue weighted by atomic mass is 10.1. The third kappa shape index (κ3) is 7.81. The Hall–Kier alpha value is -1.20. The zero-order valence-corrected chi connectivity index (χ0v) is 19.7. The minimum Gasteiger partial charge on any atom is -0.434 e. The molecule has 3 rings (SSSR count). The number of rotatable bonds is 7. The van der Waals surface area contributed by atoms with E-state index >= 15 is 0 Å². The Morgan fingerprint density at radius 3 is 2.67 bits per heavy atom. The highest BCUT2D eigenvalue weighted by molar-refractivity contribution is 14.0. The summed E-state index contributed by atoms with van der Waals surface area (Å²) in [5.74, 6) is 0.938. The number of ether oxygens (including phenoxy) is 3. The van der Waals surface area contributed by atoms with E-state index < -0.39 is 6.61 Å². The molecule has 0 amide bonds. The molecule has 2 saturated heterocycles. The van der Waals surface area contributed by atoms with E-state index in [1.807, 2.05) is 0 Å². The molecular formula is C21H32F2IN3O3. The van der Waals surface area contributed by atoms with Crippen LogP contribution in [0, 0.1) is 0 Å². The lowest BCUT2D eigenvalue weighted by molar-refractivity contribution is -0.0721. The summed E-state index contributed by atoms with van der Waals surface area (Å²) < 4.78 is 41.6. The molecule has 0 saturated carbocycles. The summed E-state index contributed by atoms with van der Waals surface area (Å²) in [6.45, 7) is 0.730. The molecule has 2 aliphatic heterocycles. The molecule has 0 radical (unpaired) electrons. The highest BCUT2D eigenvalue weighted by Gasteiger charge is 2.24. The number of hydrogen-bond donors (Lipinski definition) is 1. The van der Waals surface area contributed by atoms with Gasteiger partial charge in [0.15, 0.2) is 5.96 Å². The SMILES string of the molecule is CN=C(NCc1ccccc1OC(F)F)N1CCC(OCC2CCCCO2)CC1.I. The lowest BCUT2D eigenvalue weighted by Gasteiger charge is -2.35. The van der Waals surface area contributed by atoms with E-state index in [1.165, 1.54) is 6.42 Å². The van der Waals surface area contributed by atoms with Gasteiger partial charge in [-0.25, -0.2) is 0 Å². The number of aliphatic imine (C=N–C) groups is 1. The van der Waals surface area contributed by atoms with Crippen LogP contribution in [0.1, 0.15) is 37.7 Å². The molecule has 0 bridgehead atoms. The van der Waals surface area contributed by atoms with Crippen molar-refractivity contribution in [2.75, 3.05) is 33.4 Å². The Morgan fingerprint density at radius 1 is 1.23 bits per heavy atom. The van der Waals surface area contributed by atoms with Crippen LogP contribution in [0.15, 0.2) is 29.3 Å². The largest absolute Gasteiger partial charge is 0.434 e. The second-order valence-corrected chi connectivity index (χ2v) is 7.40. The van der Waals surface area contributed by atoms with Gasteiger partial charge >= 0.3 is 6.61 Å². The van der Waals surface area contributed by atoms with Gasteiger partial charge in [0, 0.05) is 38.9 Å². The van der Waals surface area contributed by atoms with Crippen LogP contribution in [0.25, 0.3) is 0 Å². The number of alkyl halides is 2. The van der Waals surface area contributed by atoms with Crippen molar-refractivity contribution in [1.82, 2.24) is 10.2 Å². The van der Waals surface area contributed by atoms with Crippen LogP contribution in [0.3, 0.4) is 0 Å². The molecule has 9 heteroatoms. The summed E-state index contributed by atoms with van der Waals surface area (Å²) in [6, 6.07) is 6.80. The van der Waals surface area contributed by atoms with Crippen molar-refractivity contribution in [2.45, 2.75) is 57.5 Å². The third-order valence-corrected chi connectivity index (χ3v) is 5.37. The molecule has 0 aromatic heterocycles. The van der Waals surface area contributed by atoms with Crippen LogP contribution in [0.4, 0.5) is 8.78 Å². The smallest absolute Gasteiger partial charge is 0.387 e. The molecule has 170 valence electrons. The summed E-state index contributed by atoms with van der Waals surface area (Å²) in [7, 11) is 1.73. The lowest BCUT2D eigenvalue weighted by Crippen LogP contribution is -2.47. The molecule has 1 unspecified atom stereocenters. The number of para-hydroxylation sites is 1. The Bertz CT molecular complexity index is 652. The van der Waals surface area contributed by atoms with Gasteiger partial charge in [0.25, 0.3) is 0 Å². The fraction of sp³-hybridized carbons (Fsp3) is 0.667. The maximum Gasteiger partial charge on any atom is 0.387 e. The van der Waals surface area contributed by atoms with Crippen LogP contribution < -0.4 is 10.1 Å².